The smallest absolute Gasteiger partial charge is 0.410 e. The number of alkyl halides is 1. The van der Waals surface area contributed by atoms with Crippen molar-refractivity contribution in [1.29, 1.82) is 0 Å². The van der Waals surface area contributed by atoms with E-state index in [0.29, 0.717) is 19.6 Å². The fraction of sp³-hybridized carbons (Fsp3) is 0.846. The molecule has 0 aromatic heterocycles. The lowest BCUT2D eigenvalue weighted by atomic mass is 10.2. The highest BCUT2D eigenvalue weighted by Gasteiger charge is 2.33. The first-order valence-corrected chi connectivity index (χ1v) is 7.15. The Labute approximate surface area is 119 Å². The molecule has 0 saturated carbocycles. The maximum absolute atomic E-state index is 12.1. The van der Waals surface area contributed by atoms with Crippen LogP contribution < -0.4 is 0 Å². The molecule has 0 bridgehead atoms. The van der Waals surface area contributed by atoms with E-state index in [-0.39, 0.29) is 23.9 Å². The van der Waals surface area contributed by atoms with E-state index in [4.69, 9.17) is 16.3 Å². The molecule has 0 aliphatic carbocycles. The Balaban J connectivity index is 2.62. The number of rotatable bonds is 3. The van der Waals surface area contributed by atoms with Crippen molar-refractivity contribution < 1.29 is 14.3 Å². The van der Waals surface area contributed by atoms with Gasteiger partial charge in [-0.25, -0.2) is 4.79 Å². The van der Waals surface area contributed by atoms with Crippen LogP contribution in [0.25, 0.3) is 0 Å². The molecular weight excluding hydrogens is 268 g/mol. The lowest BCUT2D eigenvalue weighted by Crippen LogP contribution is -2.45. The molecular formula is C13H23ClN2O3. The number of ether oxygens (including phenoxy) is 1. The van der Waals surface area contributed by atoms with Gasteiger partial charge in [-0.05, 0) is 34.1 Å². The van der Waals surface area contributed by atoms with Gasteiger partial charge < -0.3 is 14.5 Å². The Kier molecular flexibility index (Phi) is 5.47. The van der Waals surface area contributed by atoms with Gasteiger partial charge in [-0.1, -0.05) is 0 Å². The standard InChI is InChI=1S/C13H23ClN2O3/c1-5-16(12(18)19-13(2,3)4)10-6-7-15(9-10)11(17)8-14/h10H,5-9H2,1-4H3. The van der Waals surface area contributed by atoms with Gasteiger partial charge in [0.25, 0.3) is 0 Å². The number of carbonyl (C=O) groups is 2. The lowest BCUT2D eigenvalue weighted by molar-refractivity contribution is -0.127. The first kappa shape index (κ1) is 16.1. The van der Waals surface area contributed by atoms with E-state index in [1.54, 1.807) is 9.80 Å². The van der Waals surface area contributed by atoms with Gasteiger partial charge in [-0.2, -0.15) is 0 Å². The van der Waals surface area contributed by atoms with Crippen LogP contribution >= 0.6 is 11.6 Å². The summed E-state index contributed by atoms with van der Waals surface area (Å²) >= 11 is 5.55. The number of halogens is 1. The summed E-state index contributed by atoms with van der Waals surface area (Å²) in [5.41, 5.74) is -0.505. The monoisotopic (exact) mass is 290 g/mol. The van der Waals surface area contributed by atoms with Crippen LogP contribution in [0.2, 0.25) is 0 Å². The maximum atomic E-state index is 12.1. The number of hydrogen-bond donors (Lipinski definition) is 0. The topological polar surface area (TPSA) is 49.9 Å². The molecule has 1 fully saturated rings. The number of carbonyl (C=O) groups excluding carboxylic acids is 2. The summed E-state index contributed by atoms with van der Waals surface area (Å²) in [7, 11) is 0. The Morgan fingerprint density at radius 1 is 1.42 bits per heavy atom. The molecule has 1 aliphatic heterocycles. The fourth-order valence-electron chi connectivity index (χ4n) is 2.16. The van der Waals surface area contributed by atoms with Gasteiger partial charge in [-0.3, -0.25) is 4.79 Å². The number of likely N-dealkylation sites (tertiary alicyclic amines) is 1. The van der Waals surface area contributed by atoms with E-state index in [1.807, 2.05) is 27.7 Å². The van der Waals surface area contributed by atoms with Crippen LogP contribution in [0.3, 0.4) is 0 Å². The maximum Gasteiger partial charge on any atom is 0.410 e. The Morgan fingerprint density at radius 2 is 2.05 bits per heavy atom. The first-order chi connectivity index (χ1) is 8.78. The zero-order chi connectivity index (χ0) is 14.6. The normalized spacial score (nSPS) is 19.4. The third-order valence-corrected chi connectivity index (χ3v) is 3.27. The molecule has 0 aromatic rings. The third kappa shape index (κ3) is 4.56. The number of amides is 2. The molecule has 5 nitrogen and oxygen atoms in total. The van der Waals surface area contributed by atoms with Crippen LogP contribution in [0.15, 0.2) is 0 Å². The van der Waals surface area contributed by atoms with E-state index in [2.05, 4.69) is 0 Å². The van der Waals surface area contributed by atoms with E-state index in [0.717, 1.165) is 6.42 Å². The molecule has 1 saturated heterocycles. The fourth-order valence-corrected chi connectivity index (χ4v) is 2.33. The number of hydrogen-bond acceptors (Lipinski definition) is 3. The molecule has 0 radical (unpaired) electrons. The predicted molar refractivity (Wildman–Crippen MR) is 74.3 cm³/mol. The molecule has 6 heteroatoms. The highest BCUT2D eigenvalue weighted by Crippen LogP contribution is 2.19. The molecule has 0 N–H and O–H groups in total. The quantitative estimate of drug-likeness (QED) is 0.748. The van der Waals surface area contributed by atoms with Gasteiger partial charge in [0.1, 0.15) is 11.5 Å². The zero-order valence-electron chi connectivity index (χ0n) is 12.1. The molecule has 1 heterocycles. The molecule has 0 spiro atoms. The van der Waals surface area contributed by atoms with Crippen molar-refractivity contribution in [3.8, 4) is 0 Å². The Bertz CT molecular complexity index is 341. The predicted octanol–water partition coefficient (Wildman–Crippen LogP) is 2.08. The van der Waals surface area contributed by atoms with Crippen LogP contribution in [0.1, 0.15) is 34.1 Å². The number of nitrogens with zero attached hydrogens (tertiary/aromatic N) is 2. The van der Waals surface area contributed by atoms with Crippen molar-refractivity contribution in [2.75, 3.05) is 25.5 Å². The van der Waals surface area contributed by atoms with E-state index in [1.165, 1.54) is 0 Å². The summed E-state index contributed by atoms with van der Waals surface area (Å²) in [6, 6.07) is 0.0204. The minimum Gasteiger partial charge on any atom is -0.444 e. The van der Waals surface area contributed by atoms with Crippen LogP contribution in [0.5, 0.6) is 0 Å². The Hall–Kier alpha value is -0.970. The highest BCUT2D eigenvalue weighted by molar-refractivity contribution is 6.27. The lowest BCUT2D eigenvalue weighted by Gasteiger charge is -2.30. The summed E-state index contributed by atoms with van der Waals surface area (Å²) in [6.45, 7) is 9.21. The minimum atomic E-state index is -0.505. The van der Waals surface area contributed by atoms with E-state index >= 15 is 0 Å². The van der Waals surface area contributed by atoms with Gasteiger partial charge in [0.2, 0.25) is 5.91 Å². The molecule has 1 unspecified atom stereocenters. The van der Waals surface area contributed by atoms with Crippen molar-refractivity contribution in [1.82, 2.24) is 9.80 Å². The zero-order valence-corrected chi connectivity index (χ0v) is 12.9. The summed E-state index contributed by atoms with van der Waals surface area (Å²) in [6.07, 6.45) is 0.454. The summed E-state index contributed by atoms with van der Waals surface area (Å²) < 4.78 is 5.38. The SMILES string of the molecule is CCN(C(=O)OC(C)(C)C)C1CCN(C(=O)CCl)C1. The molecule has 2 amide bonds. The highest BCUT2D eigenvalue weighted by atomic mass is 35.5. The third-order valence-electron chi connectivity index (χ3n) is 3.04. The molecule has 19 heavy (non-hydrogen) atoms. The van der Waals surface area contributed by atoms with E-state index in [9.17, 15) is 9.59 Å². The first-order valence-electron chi connectivity index (χ1n) is 6.62. The van der Waals surface area contributed by atoms with Crippen LogP contribution in [0, 0.1) is 0 Å². The second-order valence-corrected chi connectivity index (χ2v) is 5.95. The van der Waals surface area contributed by atoms with Crippen molar-refractivity contribution in [2.45, 2.75) is 45.8 Å². The molecule has 1 rings (SSSR count). The second-order valence-electron chi connectivity index (χ2n) is 5.68. The van der Waals surface area contributed by atoms with Crippen LogP contribution in [0.4, 0.5) is 4.79 Å². The van der Waals surface area contributed by atoms with Crippen molar-refractivity contribution in [2.24, 2.45) is 0 Å². The molecule has 110 valence electrons. The van der Waals surface area contributed by atoms with Gasteiger partial charge in [0.15, 0.2) is 0 Å². The molecule has 1 aliphatic rings. The van der Waals surface area contributed by atoms with Crippen molar-refractivity contribution in [3.05, 3.63) is 0 Å². The summed E-state index contributed by atoms with van der Waals surface area (Å²) in [5.74, 6) is -0.0879. The van der Waals surface area contributed by atoms with Crippen LogP contribution in [-0.4, -0.2) is 59.0 Å². The van der Waals surface area contributed by atoms with Gasteiger partial charge in [0.05, 0.1) is 6.04 Å². The molecule has 0 aromatic carbocycles. The largest absolute Gasteiger partial charge is 0.444 e. The van der Waals surface area contributed by atoms with E-state index < -0.39 is 5.60 Å². The minimum absolute atomic E-state index is 0.00865. The van der Waals surface area contributed by atoms with Gasteiger partial charge in [0, 0.05) is 19.6 Å². The van der Waals surface area contributed by atoms with Crippen molar-refractivity contribution in [3.63, 3.8) is 0 Å². The molecule has 1 atom stereocenters. The summed E-state index contributed by atoms with van der Waals surface area (Å²) in [4.78, 5) is 27.0. The van der Waals surface area contributed by atoms with Gasteiger partial charge >= 0.3 is 6.09 Å². The average Bonchev–Trinajstić information content (AvgIpc) is 2.76. The second kappa shape index (κ2) is 6.46. The van der Waals surface area contributed by atoms with Crippen LogP contribution in [-0.2, 0) is 9.53 Å². The Morgan fingerprint density at radius 3 is 2.53 bits per heavy atom. The van der Waals surface area contributed by atoms with Crippen molar-refractivity contribution >= 4 is 23.6 Å². The van der Waals surface area contributed by atoms with Gasteiger partial charge in [-0.15, -0.1) is 11.6 Å². The number of likely N-dealkylation sites (N-methyl/N-ethyl adjacent to an activating group) is 1. The average molecular weight is 291 g/mol. The summed E-state index contributed by atoms with van der Waals surface area (Å²) in [5, 5.41) is 0.